The van der Waals surface area contributed by atoms with Gasteiger partial charge >= 0.3 is 5.97 Å². The maximum absolute atomic E-state index is 12.7. The number of carboxylic acid groups (broad SMARTS) is 1. The molecular weight excluding hydrogens is 394 g/mol. The number of nitrogens with one attached hydrogen (secondary N) is 2. The molecule has 3 aromatic rings. The maximum Gasteiger partial charge on any atom is 0.326 e. The molecule has 3 rings (SSSR count). The highest BCUT2D eigenvalue weighted by Gasteiger charge is 2.27. The number of anilines is 1. The van der Waals surface area contributed by atoms with Crippen molar-refractivity contribution < 1.29 is 19.5 Å². The summed E-state index contributed by atoms with van der Waals surface area (Å²) in [6.45, 7) is 5.18. The first-order chi connectivity index (χ1) is 14.6. The second-order valence-corrected chi connectivity index (χ2v) is 8.35. The van der Waals surface area contributed by atoms with Crippen molar-refractivity contribution in [2.24, 2.45) is 5.41 Å². The van der Waals surface area contributed by atoms with Gasteiger partial charge in [0.15, 0.2) is 0 Å². The normalized spacial score (nSPS) is 12.2. The zero-order valence-electron chi connectivity index (χ0n) is 17.7. The average Bonchev–Trinajstić information content (AvgIpc) is 2.73. The highest BCUT2D eigenvalue weighted by molar-refractivity contribution is 6.12. The molecule has 0 aliphatic carbocycles. The van der Waals surface area contributed by atoms with Gasteiger partial charge in [-0.3, -0.25) is 14.6 Å². The fraction of sp³-hybridized carbons (Fsp3) is 0.250. The molecule has 0 saturated heterocycles. The molecule has 0 saturated carbocycles. The molecule has 0 aliphatic heterocycles. The summed E-state index contributed by atoms with van der Waals surface area (Å²) in [5.74, 6) is -1.68. The van der Waals surface area contributed by atoms with Crippen molar-refractivity contribution in [3.05, 3.63) is 71.9 Å². The number of nitrogens with zero attached hydrogens (tertiary/aromatic N) is 1. The van der Waals surface area contributed by atoms with Crippen LogP contribution in [0.1, 0.15) is 36.7 Å². The van der Waals surface area contributed by atoms with Crippen LogP contribution < -0.4 is 10.6 Å². The first-order valence-corrected chi connectivity index (χ1v) is 9.93. The van der Waals surface area contributed by atoms with Crippen molar-refractivity contribution >= 4 is 34.4 Å². The van der Waals surface area contributed by atoms with Gasteiger partial charge in [0.25, 0.3) is 5.91 Å². The van der Waals surface area contributed by atoms with Gasteiger partial charge in [0.1, 0.15) is 6.04 Å². The summed E-state index contributed by atoms with van der Waals surface area (Å²) in [6, 6.07) is 14.9. The van der Waals surface area contributed by atoms with Gasteiger partial charge in [0.2, 0.25) is 5.91 Å². The predicted molar refractivity (Wildman–Crippen MR) is 119 cm³/mol. The monoisotopic (exact) mass is 419 g/mol. The van der Waals surface area contributed by atoms with Gasteiger partial charge < -0.3 is 15.7 Å². The van der Waals surface area contributed by atoms with Crippen LogP contribution in [0.5, 0.6) is 0 Å². The quantitative estimate of drug-likeness (QED) is 0.565. The van der Waals surface area contributed by atoms with E-state index in [2.05, 4.69) is 15.6 Å². The largest absolute Gasteiger partial charge is 0.480 e. The van der Waals surface area contributed by atoms with Crippen LogP contribution in [0.4, 0.5) is 5.69 Å². The van der Waals surface area contributed by atoms with E-state index in [1.165, 1.54) is 0 Å². The molecular formula is C24H25N3O4. The number of hydrogen-bond acceptors (Lipinski definition) is 4. The van der Waals surface area contributed by atoms with Gasteiger partial charge in [-0.25, -0.2) is 4.79 Å². The topological polar surface area (TPSA) is 108 Å². The van der Waals surface area contributed by atoms with E-state index in [0.717, 1.165) is 16.5 Å². The Morgan fingerprint density at radius 3 is 2.32 bits per heavy atom. The predicted octanol–water partition coefficient (Wildman–Crippen LogP) is 3.65. The lowest BCUT2D eigenvalue weighted by Gasteiger charge is -2.22. The number of benzene rings is 2. The van der Waals surface area contributed by atoms with E-state index in [1.807, 2.05) is 24.3 Å². The van der Waals surface area contributed by atoms with Crippen LogP contribution in [0.15, 0.2) is 60.8 Å². The van der Waals surface area contributed by atoms with Gasteiger partial charge in [-0.05, 0) is 29.8 Å². The lowest BCUT2D eigenvalue weighted by molar-refractivity contribution is -0.143. The first-order valence-electron chi connectivity index (χ1n) is 9.93. The third-order valence-corrected chi connectivity index (χ3v) is 4.83. The molecule has 1 aromatic heterocycles. The Hall–Kier alpha value is -3.74. The number of carbonyl (C=O) groups excluding carboxylic acids is 2. The average molecular weight is 419 g/mol. The second-order valence-electron chi connectivity index (χ2n) is 8.35. The van der Waals surface area contributed by atoms with Crippen molar-refractivity contribution in [2.45, 2.75) is 33.2 Å². The smallest absolute Gasteiger partial charge is 0.326 e. The Morgan fingerprint density at radius 1 is 1.00 bits per heavy atom. The minimum Gasteiger partial charge on any atom is -0.480 e. The second kappa shape index (κ2) is 8.95. The molecule has 0 radical (unpaired) electrons. The van der Waals surface area contributed by atoms with Crippen molar-refractivity contribution in [1.82, 2.24) is 10.3 Å². The fourth-order valence-electron chi connectivity index (χ4n) is 3.03. The molecule has 2 aromatic carbocycles. The van der Waals surface area contributed by atoms with E-state index in [1.54, 1.807) is 57.3 Å². The summed E-state index contributed by atoms with van der Waals surface area (Å²) in [7, 11) is 0. The number of aromatic nitrogens is 1. The fourth-order valence-corrected chi connectivity index (χ4v) is 3.03. The third-order valence-electron chi connectivity index (χ3n) is 4.83. The van der Waals surface area contributed by atoms with Gasteiger partial charge in [-0.1, -0.05) is 51.1 Å². The number of amides is 2. The molecule has 0 fully saturated rings. The molecule has 2 amide bonds. The first kappa shape index (κ1) is 22.0. The lowest BCUT2D eigenvalue weighted by Crippen LogP contribution is -2.46. The minimum atomic E-state index is -1.10. The molecule has 1 atom stereocenters. The molecule has 31 heavy (non-hydrogen) atoms. The van der Waals surface area contributed by atoms with Crippen LogP contribution >= 0.6 is 0 Å². The van der Waals surface area contributed by atoms with Crippen LogP contribution in [0.3, 0.4) is 0 Å². The van der Waals surface area contributed by atoms with Crippen LogP contribution in [-0.2, 0) is 16.0 Å². The Kier molecular flexibility index (Phi) is 6.34. The van der Waals surface area contributed by atoms with Gasteiger partial charge in [-0.2, -0.15) is 0 Å². The molecule has 3 N–H and O–H groups in total. The Bertz CT molecular complexity index is 1110. The molecule has 160 valence electrons. The molecule has 0 unspecified atom stereocenters. The number of hydrogen-bond donors (Lipinski definition) is 3. The van der Waals surface area contributed by atoms with Crippen LogP contribution in [0.25, 0.3) is 10.9 Å². The van der Waals surface area contributed by atoms with Crippen molar-refractivity contribution in [1.29, 1.82) is 0 Å². The molecule has 7 heteroatoms. The van der Waals surface area contributed by atoms with Crippen LogP contribution in [0, 0.1) is 5.41 Å². The van der Waals surface area contributed by atoms with Gasteiger partial charge in [-0.15, -0.1) is 0 Å². The number of carboxylic acids is 1. The van der Waals surface area contributed by atoms with E-state index in [4.69, 9.17) is 0 Å². The van der Waals surface area contributed by atoms with Crippen molar-refractivity contribution in [3.8, 4) is 0 Å². The summed E-state index contributed by atoms with van der Waals surface area (Å²) < 4.78 is 0. The number of para-hydroxylation sites is 1. The standard InChI is InChI=1S/C24H25N3O4/c1-24(2,3)23(31)27-20(22(29)30)14-15-8-10-16(11-9-15)26-21(28)18-12-13-25-19-7-5-4-6-17(18)19/h4-13,20H,14H2,1-3H3,(H,26,28)(H,27,31)(H,29,30)/t20-/m0/s1. The van der Waals surface area contributed by atoms with E-state index in [-0.39, 0.29) is 18.2 Å². The van der Waals surface area contributed by atoms with Crippen LogP contribution in [-0.4, -0.2) is 33.9 Å². The highest BCUT2D eigenvalue weighted by Crippen LogP contribution is 2.19. The van der Waals surface area contributed by atoms with Crippen molar-refractivity contribution in [2.75, 3.05) is 5.32 Å². The SMILES string of the molecule is CC(C)(C)C(=O)N[C@@H](Cc1ccc(NC(=O)c2ccnc3ccccc23)cc1)C(=O)O. The minimum absolute atomic E-state index is 0.139. The lowest BCUT2D eigenvalue weighted by atomic mass is 9.94. The number of pyridine rings is 1. The molecule has 0 bridgehead atoms. The number of fused-ring (bicyclic) bond motifs is 1. The number of carbonyl (C=O) groups is 3. The summed E-state index contributed by atoms with van der Waals surface area (Å²) in [5.41, 5.74) is 1.89. The number of aliphatic carboxylic acids is 1. The van der Waals surface area contributed by atoms with Gasteiger partial charge in [0, 0.05) is 29.1 Å². The van der Waals surface area contributed by atoms with E-state index < -0.39 is 17.4 Å². The number of rotatable bonds is 6. The van der Waals surface area contributed by atoms with Crippen LogP contribution in [0.2, 0.25) is 0 Å². The third kappa shape index (κ3) is 5.45. The zero-order chi connectivity index (χ0) is 22.6. The molecule has 0 spiro atoms. The Balaban J connectivity index is 1.70. The maximum atomic E-state index is 12.7. The van der Waals surface area contributed by atoms with E-state index in [9.17, 15) is 19.5 Å². The summed E-state index contributed by atoms with van der Waals surface area (Å²) >= 11 is 0. The zero-order valence-corrected chi connectivity index (χ0v) is 17.7. The Morgan fingerprint density at radius 2 is 1.68 bits per heavy atom. The van der Waals surface area contributed by atoms with E-state index in [0.29, 0.717) is 11.3 Å². The van der Waals surface area contributed by atoms with E-state index >= 15 is 0 Å². The summed E-state index contributed by atoms with van der Waals surface area (Å²) in [4.78, 5) is 40.7. The molecule has 7 nitrogen and oxygen atoms in total. The summed E-state index contributed by atoms with van der Waals surface area (Å²) in [6.07, 6.45) is 1.73. The van der Waals surface area contributed by atoms with Crippen molar-refractivity contribution in [3.63, 3.8) is 0 Å². The molecule has 1 heterocycles. The highest BCUT2D eigenvalue weighted by atomic mass is 16.4. The summed E-state index contributed by atoms with van der Waals surface area (Å²) in [5, 5.41) is 15.6. The Labute approximate surface area is 180 Å². The molecule has 0 aliphatic rings. The van der Waals surface area contributed by atoms with Gasteiger partial charge in [0.05, 0.1) is 11.1 Å².